The molecule has 0 aliphatic carbocycles. The zero-order chi connectivity index (χ0) is 5.86. The molecule has 0 radical (unpaired) electrons. The quantitative estimate of drug-likeness (QED) is 0.522. The van der Waals surface area contributed by atoms with Crippen LogP contribution in [0.25, 0.3) is 0 Å². The van der Waals surface area contributed by atoms with Gasteiger partial charge in [0.25, 0.3) is 0 Å². The van der Waals surface area contributed by atoms with Gasteiger partial charge in [-0.05, 0) is 13.3 Å². The van der Waals surface area contributed by atoms with Crippen LogP contribution in [0.1, 0.15) is 20.3 Å². The molecule has 2 heteroatoms. The number of aliphatic hydroxyl groups is 1. The van der Waals surface area contributed by atoms with Gasteiger partial charge in [0.2, 0.25) is 0 Å². The monoisotopic (exact) mass is 120 g/mol. The van der Waals surface area contributed by atoms with E-state index < -0.39 is 0 Å². The zero-order valence-corrected chi connectivity index (χ0v) is 5.65. The molecule has 0 aliphatic heterocycles. The SMILES string of the molecule is CC(S)C[C@@H](C)O. The number of aliphatic hydroxyl groups excluding tert-OH is 1. The van der Waals surface area contributed by atoms with Gasteiger partial charge in [0.1, 0.15) is 0 Å². The normalized spacial score (nSPS) is 18.9. The van der Waals surface area contributed by atoms with E-state index in [1.807, 2.05) is 6.92 Å². The van der Waals surface area contributed by atoms with Crippen LogP contribution in [0, 0.1) is 0 Å². The molecular formula is C5H12OS. The van der Waals surface area contributed by atoms with Crippen molar-refractivity contribution in [1.82, 2.24) is 0 Å². The summed E-state index contributed by atoms with van der Waals surface area (Å²) in [7, 11) is 0. The molecule has 0 saturated carbocycles. The summed E-state index contributed by atoms with van der Waals surface area (Å²) in [5, 5.41) is 8.99. The van der Waals surface area contributed by atoms with Crippen LogP contribution < -0.4 is 0 Å². The summed E-state index contributed by atoms with van der Waals surface area (Å²) in [6.07, 6.45) is 0.579. The third-order valence-corrected chi connectivity index (χ3v) is 0.893. The molecule has 0 aromatic rings. The van der Waals surface area contributed by atoms with E-state index in [4.69, 9.17) is 5.11 Å². The minimum atomic E-state index is -0.201. The molecule has 0 fully saturated rings. The number of rotatable bonds is 2. The minimum absolute atomic E-state index is 0.201. The standard InChI is InChI=1S/C5H12OS/c1-4(6)3-5(2)7/h4-7H,3H2,1-2H3/t4-,5?/m1/s1. The Labute approximate surface area is 50.1 Å². The predicted molar refractivity (Wildman–Crippen MR) is 34.7 cm³/mol. The topological polar surface area (TPSA) is 20.2 Å². The van der Waals surface area contributed by atoms with Crippen molar-refractivity contribution >= 4 is 12.6 Å². The molecule has 0 aliphatic rings. The van der Waals surface area contributed by atoms with E-state index in [1.165, 1.54) is 0 Å². The Bertz CT molecular complexity index is 37.3. The second-order valence-corrected chi connectivity index (χ2v) is 2.82. The second-order valence-electron chi connectivity index (χ2n) is 1.93. The van der Waals surface area contributed by atoms with Gasteiger partial charge in [-0.3, -0.25) is 0 Å². The molecule has 0 saturated heterocycles. The number of hydrogen-bond donors (Lipinski definition) is 2. The third kappa shape index (κ3) is 6.31. The Hall–Kier alpha value is 0.310. The zero-order valence-electron chi connectivity index (χ0n) is 4.76. The minimum Gasteiger partial charge on any atom is -0.393 e. The first kappa shape index (κ1) is 7.31. The summed E-state index contributed by atoms with van der Waals surface area (Å²) in [6, 6.07) is 0. The molecule has 0 rings (SSSR count). The first-order chi connectivity index (χ1) is 3.13. The summed E-state index contributed by atoms with van der Waals surface area (Å²) in [5.74, 6) is 0. The lowest BCUT2D eigenvalue weighted by Crippen LogP contribution is -2.05. The van der Waals surface area contributed by atoms with E-state index in [1.54, 1.807) is 6.92 Å². The van der Waals surface area contributed by atoms with Crippen LogP contribution in [0.4, 0.5) is 0 Å². The van der Waals surface area contributed by atoms with Crippen LogP contribution >= 0.6 is 12.6 Å². The van der Waals surface area contributed by atoms with Gasteiger partial charge < -0.3 is 5.11 Å². The highest BCUT2D eigenvalue weighted by molar-refractivity contribution is 7.80. The van der Waals surface area contributed by atoms with Crippen molar-refractivity contribution in [2.45, 2.75) is 31.6 Å². The summed E-state index contributed by atoms with van der Waals surface area (Å²) in [6.45, 7) is 3.74. The van der Waals surface area contributed by atoms with Crippen molar-refractivity contribution in [3.05, 3.63) is 0 Å². The smallest absolute Gasteiger partial charge is 0.0522 e. The van der Waals surface area contributed by atoms with Gasteiger partial charge in [0, 0.05) is 5.25 Å². The Morgan fingerprint density at radius 3 is 2.00 bits per heavy atom. The molecule has 0 amide bonds. The lowest BCUT2D eigenvalue weighted by Gasteiger charge is -2.04. The maximum atomic E-state index is 8.67. The van der Waals surface area contributed by atoms with Crippen molar-refractivity contribution < 1.29 is 5.11 Å². The highest BCUT2D eigenvalue weighted by Crippen LogP contribution is 2.01. The lowest BCUT2D eigenvalue weighted by molar-refractivity contribution is 0.185. The van der Waals surface area contributed by atoms with Crippen LogP contribution in [-0.2, 0) is 0 Å². The maximum Gasteiger partial charge on any atom is 0.0522 e. The van der Waals surface area contributed by atoms with Gasteiger partial charge in [-0.25, -0.2) is 0 Å². The van der Waals surface area contributed by atoms with Gasteiger partial charge in [0.15, 0.2) is 0 Å². The van der Waals surface area contributed by atoms with Gasteiger partial charge in [0.05, 0.1) is 6.10 Å². The predicted octanol–water partition coefficient (Wildman–Crippen LogP) is 1.08. The fourth-order valence-electron chi connectivity index (χ4n) is 0.494. The van der Waals surface area contributed by atoms with E-state index in [0.717, 1.165) is 6.42 Å². The molecule has 0 bridgehead atoms. The average Bonchev–Trinajstić information content (AvgIpc) is 1.27. The lowest BCUT2D eigenvalue weighted by atomic mass is 10.2. The van der Waals surface area contributed by atoms with Gasteiger partial charge >= 0.3 is 0 Å². The maximum absolute atomic E-state index is 8.67. The summed E-state index contributed by atoms with van der Waals surface area (Å²) in [4.78, 5) is 0. The number of hydrogen-bond acceptors (Lipinski definition) is 2. The molecular weight excluding hydrogens is 108 g/mol. The van der Waals surface area contributed by atoms with Crippen molar-refractivity contribution in [1.29, 1.82) is 0 Å². The molecule has 2 atom stereocenters. The van der Waals surface area contributed by atoms with Crippen LogP contribution in [0.2, 0.25) is 0 Å². The van der Waals surface area contributed by atoms with Gasteiger partial charge in [-0.15, -0.1) is 0 Å². The average molecular weight is 120 g/mol. The third-order valence-electron chi connectivity index (χ3n) is 0.682. The van der Waals surface area contributed by atoms with E-state index in [-0.39, 0.29) is 6.10 Å². The molecule has 1 unspecified atom stereocenters. The summed E-state index contributed by atoms with van der Waals surface area (Å²) < 4.78 is 0. The van der Waals surface area contributed by atoms with Crippen LogP contribution in [0.15, 0.2) is 0 Å². The molecule has 7 heavy (non-hydrogen) atoms. The first-order valence-corrected chi connectivity index (χ1v) is 3.00. The Morgan fingerprint density at radius 1 is 1.57 bits per heavy atom. The van der Waals surface area contributed by atoms with Crippen molar-refractivity contribution in [3.63, 3.8) is 0 Å². The Kier molecular flexibility index (Phi) is 3.48. The molecule has 1 N–H and O–H groups in total. The van der Waals surface area contributed by atoms with Crippen molar-refractivity contribution in [3.8, 4) is 0 Å². The van der Waals surface area contributed by atoms with Crippen molar-refractivity contribution in [2.75, 3.05) is 0 Å². The highest BCUT2D eigenvalue weighted by atomic mass is 32.1. The largest absolute Gasteiger partial charge is 0.393 e. The van der Waals surface area contributed by atoms with Crippen molar-refractivity contribution in [2.24, 2.45) is 0 Å². The van der Waals surface area contributed by atoms with E-state index in [9.17, 15) is 0 Å². The molecule has 0 aromatic carbocycles. The fraction of sp³-hybridized carbons (Fsp3) is 1.00. The van der Waals surface area contributed by atoms with Gasteiger partial charge in [-0.1, -0.05) is 6.92 Å². The first-order valence-electron chi connectivity index (χ1n) is 2.49. The molecule has 0 heterocycles. The molecule has 44 valence electrons. The van der Waals surface area contributed by atoms with Gasteiger partial charge in [-0.2, -0.15) is 12.6 Å². The van der Waals surface area contributed by atoms with Crippen LogP contribution in [-0.4, -0.2) is 16.5 Å². The van der Waals surface area contributed by atoms with Crippen LogP contribution in [0.5, 0.6) is 0 Å². The van der Waals surface area contributed by atoms with E-state index in [2.05, 4.69) is 12.6 Å². The molecule has 0 spiro atoms. The van der Waals surface area contributed by atoms with E-state index >= 15 is 0 Å². The van der Waals surface area contributed by atoms with E-state index in [0.29, 0.717) is 5.25 Å². The number of thiol groups is 1. The second kappa shape index (κ2) is 3.33. The molecule has 0 aromatic heterocycles. The molecule has 1 nitrogen and oxygen atoms in total. The summed E-state index contributed by atoms with van der Waals surface area (Å²) >= 11 is 4.08. The highest BCUT2D eigenvalue weighted by Gasteiger charge is 1.98. The Morgan fingerprint density at radius 2 is 2.00 bits per heavy atom. The summed E-state index contributed by atoms with van der Waals surface area (Å²) in [5.41, 5.74) is 0. The fourth-order valence-corrected chi connectivity index (χ4v) is 0.799. The Balaban J connectivity index is 2.95. The van der Waals surface area contributed by atoms with Crippen LogP contribution in [0.3, 0.4) is 0 Å².